The van der Waals surface area contributed by atoms with Crippen molar-refractivity contribution in [2.24, 2.45) is 0 Å². The Morgan fingerprint density at radius 1 is 1.24 bits per heavy atom. The Bertz CT molecular complexity index is 439. The molecule has 1 aliphatic rings. The maximum absolute atomic E-state index is 11.8. The molecule has 1 fully saturated rings. The summed E-state index contributed by atoms with van der Waals surface area (Å²) in [7, 11) is 0. The molecular formula is C13H15NO3. The van der Waals surface area contributed by atoms with Gasteiger partial charge in [-0.05, 0) is 19.4 Å². The number of rotatable bonds is 2. The molecule has 0 spiro atoms. The van der Waals surface area contributed by atoms with Crippen molar-refractivity contribution >= 4 is 11.9 Å². The fourth-order valence-corrected chi connectivity index (χ4v) is 1.73. The molecule has 1 aromatic carbocycles. The summed E-state index contributed by atoms with van der Waals surface area (Å²) >= 11 is 0. The predicted octanol–water partition coefficient (Wildman–Crippen LogP) is 1.05. The van der Waals surface area contributed by atoms with Gasteiger partial charge in [0.05, 0.1) is 0 Å². The second kappa shape index (κ2) is 4.20. The summed E-state index contributed by atoms with van der Waals surface area (Å²) < 4.78 is 5.17. The Balaban J connectivity index is 2.09. The molecule has 1 unspecified atom stereocenters. The van der Waals surface area contributed by atoms with Gasteiger partial charge in [0.25, 0.3) is 5.91 Å². The molecule has 1 saturated heterocycles. The number of nitrogens with one attached hydrogen (secondary N) is 1. The van der Waals surface area contributed by atoms with Crippen molar-refractivity contribution in [1.82, 2.24) is 5.32 Å². The first-order valence-corrected chi connectivity index (χ1v) is 5.56. The Kier molecular flexibility index (Phi) is 2.88. The van der Waals surface area contributed by atoms with Crippen LogP contribution in [0.15, 0.2) is 30.3 Å². The molecule has 1 N–H and O–H groups in total. The monoisotopic (exact) mass is 233 g/mol. The van der Waals surface area contributed by atoms with Gasteiger partial charge in [-0.25, -0.2) is 4.79 Å². The first kappa shape index (κ1) is 11.6. The molecule has 1 aliphatic heterocycles. The third-order valence-corrected chi connectivity index (χ3v) is 2.75. The highest BCUT2D eigenvalue weighted by molar-refractivity contribution is 5.94. The van der Waals surface area contributed by atoms with Crippen LogP contribution in [0.25, 0.3) is 0 Å². The molecule has 90 valence electrons. The van der Waals surface area contributed by atoms with Crippen molar-refractivity contribution in [2.75, 3.05) is 0 Å². The zero-order valence-electron chi connectivity index (χ0n) is 9.90. The van der Waals surface area contributed by atoms with Crippen LogP contribution in [-0.2, 0) is 20.7 Å². The summed E-state index contributed by atoms with van der Waals surface area (Å²) in [4.78, 5) is 23.4. The van der Waals surface area contributed by atoms with E-state index in [0.29, 0.717) is 6.42 Å². The van der Waals surface area contributed by atoms with Crippen LogP contribution in [0.1, 0.15) is 19.4 Å². The number of amides is 1. The third-order valence-electron chi connectivity index (χ3n) is 2.75. The van der Waals surface area contributed by atoms with E-state index in [1.807, 2.05) is 30.3 Å². The lowest BCUT2D eigenvalue weighted by molar-refractivity contribution is -0.170. The molecule has 1 heterocycles. The van der Waals surface area contributed by atoms with E-state index < -0.39 is 17.6 Å². The molecule has 1 atom stereocenters. The Hall–Kier alpha value is -1.84. The zero-order valence-corrected chi connectivity index (χ0v) is 9.90. The lowest BCUT2D eigenvalue weighted by atomic mass is 10.00. The lowest BCUT2D eigenvalue weighted by Crippen LogP contribution is -2.60. The van der Waals surface area contributed by atoms with E-state index in [0.717, 1.165) is 5.56 Å². The summed E-state index contributed by atoms with van der Waals surface area (Å²) in [6.45, 7) is 3.26. The van der Waals surface area contributed by atoms with Crippen molar-refractivity contribution in [3.63, 3.8) is 0 Å². The second-order valence-electron chi connectivity index (χ2n) is 4.70. The number of ether oxygens (including phenoxy) is 1. The minimum absolute atomic E-state index is 0.238. The average Bonchev–Trinajstić information content (AvgIpc) is 2.27. The van der Waals surface area contributed by atoms with Crippen molar-refractivity contribution in [3.05, 3.63) is 35.9 Å². The quantitative estimate of drug-likeness (QED) is 0.777. The number of hydrogen-bond acceptors (Lipinski definition) is 3. The SMILES string of the molecule is CC1(C)NC(=O)C(Cc2ccccc2)OC1=O. The van der Waals surface area contributed by atoms with E-state index in [2.05, 4.69) is 5.32 Å². The number of cyclic esters (lactones) is 1. The Labute approximate surface area is 100.0 Å². The largest absolute Gasteiger partial charge is 0.450 e. The van der Waals surface area contributed by atoms with Gasteiger partial charge in [0, 0.05) is 6.42 Å². The smallest absolute Gasteiger partial charge is 0.332 e. The highest BCUT2D eigenvalue weighted by Gasteiger charge is 2.41. The Morgan fingerprint density at radius 2 is 1.88 bits per heavy atom. The molecule has 0 aromatic heterocycles. The molecular weight excluding hydrogens is 218 g/mol. The molecule has 1 amide bonds. The van der Waals surface area contributed by atoms with Crippen LogP contribution in [0.4, 0.5) is 0 Å². The zero-order chi connectivity index (χ0) is 12.5. The maximum Gasteiger partial charge on any atom is 0.332 e. The van der Waals surface area contributed by atoms with E-state index in [9.17, 15) is 9.59 Å². The minimum atomic E-state index is -0.926. The molecule has 2 rings (SSSR count). The number of esters is 1. The number of carbonyl (C=O) groups excluding carboxylic acids is 2. The summed E-state index contributed by atoms with van der Waals surface area (Å²) in [6.07, 6.45) is -0.313. The van der Waals surface area contributed by atoms with Gasteiger partial charge in [-0.1, -0.05) is 30.3 Å². The van der Waals surface area contributed by atoms with E-state index in [-0.39, 0.29) is 5.91 Å². The predicted molar refractivity (Wildman–Crippen MR) is 62.2 cm³/mol. The normalized spacial score (nSPS) is 22.8. The first-order chi connectivity index (χ1) is 7.99. The fourth-order valence-electron chi connectivity index (χ4n) is 1.73. The summed E-state index contributed by atoms with van der Waals surface area (Å²) in [5.74, 6) is -0.628. The average molecular weight is 233 g/mol. The molecule has 17 heavy (non-hydrogen) atoms. The van der Waals surface area contributed by atoms with Gasteiger partial charge in [0.15, 0.2) is 6.10 Å². The third kappa shape index (κ3) is 2.46. The van der Waals surface area contributed by atoms with Crippen LogP contribution in [0.3, 0.4) is 0 Å². The van der Waals surface area contributed by atoms with Crippen LogP contribution in [0, 0.1) is 0 Å². The number of hydrogen-bond donors (Lipinski definition) is 1. The van der Waals surface area contributed by atoms with Gasteiger partial charge in [-0.15, -0.1) is 0 Å². The molecule has 4 nitrogen and oxygen atoms in total. The van der Waals surface area contributed by atoms with Gasteiger partial charge >= 0.3 is 5.97 Å². The van der Waals surface area contributed by atoms with Crippen molar-refractivity contribution in [1.29, 1.82) is 0 Å². The molecule has 1 aromatic rings. The number of benzene rings is 1. The Morgan fingerprint density at radius 3 is 2.53 bits per heavy atom. The van der Waals surface area contributed by atoms with Gasteiger partial charge < -0.3 is 10.1 Å². The number of carbonyl (C=O) groups is 2. The van der Waals surface area contributed by atoms with Crippen molar-refractivity contribution in [2.45, 2.75) is 31.9 Å². The minimum Gasteiger partial charge on any atom is -0.450 e. The van der Waals surface area contributed by atoms with Gasteiger partial charge in [-0.2, -0.15) is 0 Å². The van der Waals surface area contributed by atoms with E-state index in [1.165, 1.54) is 0 Å². The number of morpholine rings is 1. The second-order valence-corrected chi connectivity index (χ2v) is 4.70. The van der Waals surface area contributed by atoms with E-state index in [4.69, 9.17) is 4.74 Å². The lowest BCUT2D eigenvalue weighted by Gasteiger charge is -2.33. The summed E-state index contributed by atoms with van der Waals surface area (Å²) in [5.41, 5.74) is 0.0460. The summed E-state index contributed by atoms with van der Waals surface area (Å²) in [5, 5.41) is 2.66. The summed E-state index contributed by atoms with van der Waals surface area (Å²) in [6, 6.07) is 9.49. The highest BCUT2D eigenvalue weighted by Crippen LogP contribution is 2.17. The van der Waals surface area contributed by atoms with Crippen LogP contribution in [0.5, 0.6) is 0 Å². The van der Waals surface area contributed by atoms with E-state index in [1.54, 1.807) is 13.8 Å². The molecule has 0 radical (unpaired) electrons. The molecule has 0 saturated carbocycles. The van der Waals surface area contributed by atoms with Gasteiger partial charge in [-0.3, -0.25) is 4.79 Å². The fraction of sp³-hybridized carbons (Fsp3) is 0.385. The molecule has 0 aliphatic carbocycles. The van der Waals surface area contributed by atoms with Gasteiger partial charge in [0.1, 0.15) is 5.54 Å². The van der Waals surface area contributed by atoms with Crippen molar-refractivity contribution < 1.29 is 14.3 Å². The standard InChI is InChI=1S/C13H15NO3/c1-13(2)12(16)17-10(11(15)14-13)8-9-6-4-3-5-7-9/h3-7,10H,8H2,1-2H3,(H,14,15). The molecule has 0 bridgehead atoms. The van der Waals surface area contributed by atoms with E-state index >= 15 is 0 Å². The van der Waals surface area contributed by atoms with Crippen LogP contribution in [0.2, 0.25) is 0 Å². The van der Waals surface area contributed by atoms with Gasteiger partial charge in [0.2, 0.25) is 0 Å². The van der Waals surface area contributed by atoms with Crippen LogP contribution < -0.4 is 5.32 Å². The maximum atomic E-state index is 11.8. The highest BCUT2D eigenvalue weighted by atomic mass is 16.6. The topological polar surface area (TPSA) is 55.4 Å². The first-order valence-electron chi connectivity index (χ1n) is 5.56. The van der Waals surface area contributed by atoms with Crippen molar-refractivity contribution in [3.8, 4) is 0 Å². The molecule has 4 heteroatoms. The van der Waals surface area contributed by atoms with Crippen LogP contribution >= 0.6 is 0 Å². The van der Waals surface area contributed by atoms with Crippen LogP contribution in [-0.4, -0.2) is 23.5 Å².